The summed E-state index contributed by atoms with van der Waals surface area (Å²) in [5.74, 6) is 0. The number of anilines is 1. The predicted molar refractivity (Wildman–Crippen MR) is 73.9 cm³/mol. The Morgan fingerprint density at radius 1 is 1.11 bits per heavy atom. The van der Waals surface area contributed by atoms with Gasteiger partial charge in [-0.1, -0.05) is 25.1 Å². The highest BCUT2D eigenvalue weighted by Gasteiger charge is 2.25. The monoisotopic (exact) mass is 249 g/mol. The Labute approximate surface area is 109 Å². The van der Waals surface area contributed by atoms with Crippen molar-refractivity contribution >= 4 is 5.69 Å². The first-order valence-corrected chi connectivity index (χ1v) is 6.73. The Kier molecular flexibility index (Phi) is 4.25. The first-order valence-electron chi connectivity index (χ1n) is 6.73. The second-order valence-corrected chi connectivity index (χ2v) is 5.63. The van der Waals surface area contributed by atoms with Gasteiger partial charge in [-0.2, -0.15) is 0 Å². The molecule has 1 saturated heterocycles. The van der Waals surface area contributed by atoms with Gasteiger partial charge >= 0.3 is 0 Å². The minimum Gasteiger partial charge on any atom is -0.396 e. The van der Waals surface area contributed by atoms with E-state index in [2.05, 4.69) is 23.1 Å². The fraction of sp³-hybridized carbons (Fsp3) is 0.600. The van der Waals surface area contributed by atoms with Crippen LogP contribution in [0.4, 0.5) is 5.69 Å². The third-order valence-corrected chi connectivity index (χ3v) is 3.82. The molecule has 0 aliphatic carbocycles. The maximum atomic E-state index is 9.43. The number of para-hydroxylation sites is 1. The van der Waals surface area contributed by atoms with Crippen LogP contribution in [-0.2, 0) is 6.42 Å². The summed E-state index contributed by atoms with van der Waals surface area (Å²) in [6, 6.07) is 8.35. The van der Waals surface area contributed by atoms with Crippen LogP contribution in [0.25, 0.3) is 0 Å². The average Bonchev–Trinajstić information content (AvgIpc) is 2.93. The van der Waals surface area contributed by atoms with Crippen LogP contribution in [0.5, 0.6) is 0 Å². The van der Waals surface area contributed by atoms with E-state index in [0.717, 1.165) is 13.1 Å². The van der Waals surface area contributed by atoms with E-state index in [1.165, 1.54) is 24.1 Å². The maximum Gasteiger partial charge on any atom is 0.0509 e. The fourth-order valence-electron chi connectivity index (χ4n) is 2.55. The summed E-state index contributed by atoms with van der Waals surface area (Å²) in [4.78, 5) is 2.41. The van der Waals surface area contributed by atoms with Crippen molar-refractivity contribution in [2.75, 3.05) is 31.2 Å². The van der Waals surface area contributed by atoms with Crippen molar-refractivity contribution < 1.29 is 10.2 Å². The van der Waals surface area contributed by atoms with Crippen molar-refractivity contribution in [1.29, 1.82) is 0 Å². The SMILES string of the molecule is CC(CO)(CO)Cc1ccccc1N1CCCC1. The molecule has 1 aromatic rings. The molecule has 1 aliphatic rings. The number of aliphatic hydroxyl groups is 2. The molecule has 18 heavy (non-hydrogen) atoms. The molecule has 1 fully saturated rings. The predicted octanol–water partition coefficient (Wildman–Crippen LogP) is 1.82. The van der Waals surface area contributed by atoms with Crippen molar-refractivity contribution in [3.8, 4) is 0 Å². The molecule has 0 bridgehead atoms. The summed E-state index contributed by atoms with van der Waals surface area (Å²) in [6.07, 6.45) is 3.23. The molecule has 0 saturated carbocycles. The zero-order valence-electron chi connectivity index (χ0n) is 11.1. The Bertz CT molecular complexity index is 382. The molecule has 0 spiro atoms. The topological polar surface area (TPSA) is 43.7 Å². The lowest BCUT2D eigenvalue weighted by molar-refractivity contribution is 0.0705. The van der Waals surface area contributed by atoms with Crippen molar-refractivity contribution in [2.45, 2.75) is 26.2 Å². The molecule has 3 nitrogen and oxygen atoms in total. The van der Waals surface area contributed by atoms with E-state index in [1.807, 2.05) is 13.0 Å². The quantitative estimate of drug-likeness (QED) is 0.836. The molecule has 0 radical (unpaired) electrons. The summed E-state index contributed by atoms with van der Waals surface area (Å²) in [5, 5.41) is 18.9. The van der Waals surface area contributed by atoms with Gasteiger partial charge in [-0.15, -0.1) is 0 Å². The standard InChI is InChI=1S/C15H23NO2/c1-15(11-17,12-18)10-13-6-2-3-7-14(13)16-8-4-5-9-16/h2-3,6-7,17-18H,4-5,8-12H2,1H3. The Morgan fingerprint density at radius 3 is 2.33 bits per heavy atom. The second-order valence-electron chi connectivity index (χ2n) is 5.63. The van der Waals surface area contributed by atoms with E-state index in [1.54, 1.807) is 0 Å². The zero-order valence-corrected chi connectivity index (χ0v) is 11.1. The number of nitrogens with zero attached hydrogens (tertiary/aromatic N) is 1. The first kappa shape index (κ1) is 13.4. The molecule has 0 unspecified atom stereocenters. The van der Waals surface area contributed by atoms with Gasteiger partial charge in [0.2, 0.25) is 0 Å². The van der Waals surface area contributed by atoms with Gasteiger partial charge in [0.15, 0.2) is 0 Å². The van der Waals surface area contributed by atoms with Crippen LogP contribution >= 0.6 is 0 Å². The number of benzene rings is 1. The van der Waals surface area contributed by atoms with Crippen LogP contribution in [0.1, 0.15) is 25.3 Å². The third-order valence-electron chi connectivity index (χ3n) is 3.82. The van der Waals surface area contributed by atoms with E-state index in [-0.39, 0.29) is 13.2 Å². The Balaban J connectivity index is 2.21. The summed E-state index contributed by atoms with van der Waals surface area (Å²) in [6.45, 7) is 4.18. The minimum atomic E-state index is -0.435. The average molecular weight is 249 g/mol. The number of aliphatic hydroxyl groups excluding tert-OH is 2. The van der Waals surface area contributed by atoms with Crippen molar-refractivity contribution in [3.05, 3.63) is 29.8 Å². The normalized spacial score (nSPS) is 16.3. The van der Waals surface area contributed by atoms with Crippen LogP contribution in [0.15, 0.2) is 24.3 Å². The number of hydrogen-bond acceptors (Lipinski definition) is 3. The number of hydrogen-bond donors (Lipinski definition) is 2. The Morgan fingerprint density at radius 2 is 1.72 bits per heavy atom. The van der Waals surface area contributed by atoms with Crippen molar-refractivity contribution in [1.82, 2.24) is 0 Å². The molecule has 100 valence electrons. The van der Waals surface area contributed by atoms with Gasteiger partial charge < -0.3 is 15.1 Å². The molecule has 3 heteroatoms. The van der Waals surface area contributed by atoms with Gasteiger partial charge in [-0.3, -0.25) is 0 Å². The lowest BCUT2D eigenvalue weighted by Gasteiger charge is -2.28. The van der Waals surface area contributed by atoms with Crippen LogP contribution < -0.4 is 4.90 Å². The smallest absolute Gasteiger partial charge is 0.0509 e. The summed E-state index contributed by atoms with van der Waals surface area (Å²) >= 11 is 0. The van der Waals surface area contributed by atoms with Gasteiger partial charge in [0.1, 0.15) is 0 Å². The van der Waals surface area contributed by atoms with Gasteiger partial charge in [0.05, 0.1) is 13.2 Å². The second kappa shape index (κ2) is 5.72. The fourth-order valence-corrected chi connectivity index (χ4v) is 2.55. The summed E-state index contributed by atoms with van der Waals surface area (Å²) in [7, 11) is 0. The highest BCUT2D eigenvalue weighted by molar-refractivity contribution is 5.54. The molecule has 0 amide bonds. The van der Waals surface area contributed by atoms with Gasteiger partial charge in [0, 0.05) is 24.2 Å². The lowest BCUT2D eigenvalue weighted by atomic mass is 9.84. The molecular weight excluding hydrogens is 226 g/mol. The van der Waals surface area contributed by atoms with Crippen molar-refractivity contribution in [3.63, 3.8) is 0 Å². The highest BCUT2D eigenvalue weighted by Crippen LogP contribution is 2.30. The van der Waals surface area contributed by atoms with E-state index < -0.39 is 5.41 Å². The summed E-state index contributed by atoms with van der Waals surface area (Å²) in [5.41, 5.74) is 2.06. The van der Waals surface area contributed by atoms with Crippen molar-refractivity contribution in [2.24, 2.45) is 5.41 Å². The largest absolute Gasteiger partial charge is 0.396 e. The van der Waals surface area contributed by atoms with E-state index in [9.17, 15) is 10.2 Å². The minimum absolute atomic E-state index is 0.0117. The van der Waals surface area contributed by atoms with Crippen LogP contribution in [0.3, 0.4) is 0 Å². The van der Waals surface area contributed by atoms with E-state index >= 15 is 0 Å². The van der Waals surface area contributed by atoms with Crippen LogP contribution in [-0.4, -0.2) is 36.5 Å². The van der Waals surface area contributed by atoms with Gasteiger partial charge in [-0.25, -0.2) is 0 Å². The third kappa shape index (κ3) is 2.85. The number of rotatable bonds is 5. The molecule has 2 N–H and O–H groups in total. The maximum absolute atomic E-state index is 9.43. The molecule has 1 aromatic carbocycles. The summed E-state index contributed by atoms with van der Waals surface area (Å²) < 4.78 is 0. The van der Waals surface area contributed by atoms with Crippen LogP contribution in [0.2, 0.25) is 0 Å². The molecule has 2 rings (SSSR count). The molecule has 0 atom stereocenters. The van der Waals surface area contributed by atoms with Gasteiger partial charge in [-0.05, 0) is 30.9 Å². The molecule has 1 heterocycles. The van der Waals surface area contributed by atoms with Gasteiger partial charge in [0.25, 0.3) is 0 Å². The van der Waals surface area contributed by atoms with E-state index in [0.29, 0.717) is 6.42 Å². The lowest BCUT2D eigenvalue weighted by Crippen LogP contribution is -2.30. The molecule has 1 aliphatic heterocycles. The first-order chi connectivity index (χ1) is 8.68. The Hall–Kier alpha value is -1.06. The zero-order chi connectivity index (χ0) is 13.0. The van der Waals surface area contributed by atoms with E-state index in [4.69, 9.17) is 0 Å². The molecule has 0 aromatic heterocycles. The van der Waals surface area contributed by atoms with Crippen LogP contribution in [0, 0.1) is 5.41 Å². The highest BCUT2D eigenvalue weighted by atomic mass is 16.3. The molecular formula is C15H23NO2.